The van der Waals surface area contributed by atoms with E-state index in [1.807, 2.05) is 6.92 Å². The predicted octanol–water partition coefficient (Wildman–Crippen LogP) is 1.60. The molecule has 1 saturated carbocycles. The van der Waals surface area contributed by atoms with Crippen molar-refractivity contribution in [3.63, 3.8) is 0 Å². The predicted molar refractivity (Wildman–Crippen MR) is 68.4 cm³/mol. The molecule has 1 aliphatic rings. The zero-order valence-electron chi connectivity index (χ0n) is 10.9. The first-order valence-corrected chi connectivity index (χ1v) is 6.62. The van der Waals surface area contributed by atoms with Crippen LogP contribution in [0.25, 0.3) is 0 Å². The molecule has 0 saturated heterocycles. The Labute approximate surface area is 100 Å². The first-order valence-electron chi connectivity index (χ1n) is 6.62. The Hall–Kier alpha value is -0.120. The topological polar surface area (TPSA) is 49.5 Å². The summed E-state index contributed by atoms with van der Waals surface area (Å²) in [7, 11) is 2.21. The van der Waals surface area contributed by atoms with Crippen LogP contribution in [0.15, 0.2) is 0 Å². The zero-order valence-corrected chi connectivity index (χ0v) is 10.9. The summed E-state index contributed by atoms with van der Waals surface area (Å²) >= 11 is 0. The van der Waals surface area contributed by atoms with Crippen LogP contribution in [0.3, 0.4) is 0 Å². The average Bonchev–Trinajstić information content (AvgIpc) is 2.19. The molecular formula is C13H28N2O. The van der Waals surface area contributed by atoms with Crippen molar-refractivity contribution >= 4 is 0 Å². The van der Waals surface area contributed by atoms with Gasteiger partial charge in [0.05, 0.1) is 6.61 Å². The highest BCUT2D eigenvalue weighted by Crippen LogP contribution is 2.26. The standard InChI is InChI=1S/C13H28N2O/c1-13(14,11-16)8-3-4-9-15(2)10-12-6-5-7-12/h12,16H,3-11,14H2,1-2H3. The van der Waals surface area contributed by atoms with Gasteiger partial charge >= 0.3 is 0 Å². The van der Waals surface area contributed by atoms with Crippen LogP contribution in [-0.2, 0) is 0 Å². The molecule has 0 amide bonds. The highest BCUT2D eigenvalue weighted by atomic mass is 16.3. The molecule has 1 aliphatic carbocycles. The monoisotopic (exact) mass is 228 g/mol. The third-order valence-corrected chi connectivity index (χ3v) is 3.69. The van der Waals surface area contributed by atoms with Crippen molar-refractivity contribution in [2.24, 2.45) is 11.7 Å². The second-order valence-corrected chi connectivity index (χ2v) is 5.83. The van der Waals surface area contributed by atoms with Crippen molar-refractivity contribution in [1.29, 1.82) is 0 Å². The van der Waals surface area contributed by atoms with Gasteiger partial charge in [-0.15, -0.1) is 0 Å². The molecule has 1 rings (SSSR count). The second kappa shape index (κ2) is 6.58. The van der Waals surface area contributed by atoms with E-state index in [2.05, 4.69) is 11.9 Å². The van der Waals surface area contributed by atoms with Crippen molar-refractivity contribution in [1.82, 2.24) is 4.90 Å². The lowest BCUT2D eigenvalue weighted by Crippen LogP contribution is -2.40. The summed E-state index contributed by atoms with van der Waals surface area (Å²) in [4.78, 5) is 2.44. The van der Waals surface area contributed by atoms with Crippen molar-refractivity contribution < 1.29 is 5.11 Å². The summed E-state index contributed by atoms with van der Waals surface area (Å²) in [6.45, 7) is 4.44. The number of aliphatic hydroxyl groups is 1. The minimum absolute atomic E-state index is 0.0882. The third-order valence-electron chi connectivity index (χ3n) is 3.69. The number of unbranched alkanes of at least 4 members (excludes halogenated alkanes) is 1. The minimum Gasteiger partial charge on any atom is -0.394 e. The third kappa shape index (κ3) is 5.28. The molecule has 1 unspecified atom stereocenters. The van der Waals surface area contributed by atoms with Crippen LogP contribution >= 0.6 is 0 Å². The molecule has 0 aromatic heterocycles. The Bertz CT molecular complexity index is 190. The Morgan fingerprint density at radius 1 is 1.38 bits per heavy atom. The van der Waals surface area contributed by atoms with E-state index >= 15 is 0 Å². The van der Waals surface area contributed by atoms with Gasteiger partial charge in [0.15, 0.2) is 0 Å². The summed E-state index contributed by atoms with van der Waals surface area (Å²) in [5.74, 6) is 0.960. The van der Waals surface area contributed by atoms with E-state index in [0.717, 1.165) is 25.3 Å². The van der Waals surface area contributed by atoms with Gasteiger partial charge in [-0.3, -0.25) is 0 Å². The van der Waals surface area contributed by atoms with Crippen LogP contribution in [0.1, 0.15) is 45.4 Å². The fraction of sp³-hybridized carbons (Fsp3) is 1.00. The molecular weight excluding hydrogens is 200 g/mol. The average molecular weight is 228 g/mol. The van der Waals surface area contributed by atoms with Gasteiger partial charge in [0.1, 0.15) is 0 Å². The Balaban J connectivity index is 1.97. The number of hydrogen-bond donors (Lipinski definition) is 2. The molecule has 96 valence electrons. The quantitative estimate of drug-likeness (QED) is 0.620. The molecule has 0 spiro atoms. The maximum Gasteiger partial charge on any atom is 0.0608 e. The van der Waals surface area contributed by atoms with Crippen molar-refractivity contribution in [3.8, 4) is 0 Å². The van der Waals surface area contributed by atoms with Gasteiger partial charge < -0.3 is 15.7 Å². The summed E-state index contributed by atoms with van der Waals surface area (Å²) in [5, 5.41) is 9.03. The van der Waals surface area contributed by atoms with Gasteiger partial charge in [-0.1, -0.05) is 12.8 Å². The molecule has 1 fully saturated rings. The zero-order chi connectivity index (χ0) is 12.0. The number of nitrogens with zero attached hydrogens (tertiary/aromatic N) is 1. The number of rotatable bonds is 8. The van der Waals surface area contributed by atoms with Crippen LogP contribution in [0, 0.1) is 5.92 Å². The van der Waals surface area contributed by atoms with Crippen LogP contribution in [0.5, 0.6) is 0 Å². The lowest BCUT2D eigenvalue weighted by molar-refractivity contribution is 0.186. The Morgan fingerprint density at radius 2 is 2.06 bits per heavy atom. The van der Waals surface area contributed by atoms with E-state index in [1.54, 1.807) is 0 Å². The molecule has 3 nitrogen and oxygen atoms in total. The van der Waals surface area contributed by atoms with Gasteiger partial charge in [-0.2, -0.15) is 0 Å². The smallest absolute Gasteiger partial charge is 0.0608 e. The van der Waals surface area contributed by atoms with Crippen LogP contribution in [0.4, 0.5) is 0 Å². The van der Waals surface area contributed by atoms with E-state index in [0.29, 0.717) is 0 Å². The molecule has 0 aromatic carbocycles. The first kappa shape index (κ1) is 13.9. The molecule has 0 aliphatic heterocycles. The number of hydrogen-bond acceptors (Lipinski definition) is 3. The summed E-state index contributed by atoms with van der Waals surface area (Å²) < 4.78 is 0. The van der Waals surface area contributed by atoms with Gasteiger partial charge in [0.25, 0.3) is 0 Å². The highest BCUT2D eigenvalue weighted by Gasteiger charge is 2.19. The van der Waals surface area contributed by atoms with E-state index in [4.69, 9.17) is 10.8 Å². The maximum atomic E-state index is 9.03. The molecule has 0 aromatic rings. The summed E-state index contributed by atoms with van der Waals surface area (Å²) in [6.07, 6.45) is 7.51. The Morgan fingerprint density at radius 3 is 2.56 bits per heavy atom. The summed E-state index contributed by atoms with van der Waals surface area (Å²) in [5.41, 5.74) is 5.50. The SMILES string of the molecule is CN(CCCCC(C)(N)CO)CC1CCC1. The van der Waals surface area contributed by atoms with Crippen LogP contribution in [-0.4, -0.2) is 42.3 Å². The molecule has 3 heteroatoms. The van der Waals surface area contributed by atoms with Gasteiger partial charge in [-0.25, -0.2) is 0 Å². The van der Waals surface area contributed by atoms with Crippen LogP contribution < -0.4 is 5.73 Å². The molecule has 3 N–H and O–H groups in total. The lowest BCUT2D eigenvalue weighted by Gasteiger charge is -2.30. The number of aliphatic hydroxyl groups excluding tert-OH is 1. The second-order valence-electron chi connectivity index (χ2n) is 5.83. The summed E-state index contributed by atoms with van der Waals surface area (Å²) in [6, 6.07) is 0. The molecule has 1 atom stereocenters. The maximum absolute atomic E-state index is 9.03. The van der Waals surface area contributed by atoms with Crippen molar-refractivity contribution in [2.45, 2.75) is 51.0 Å². The van der Waals surface area contributed by atoms with E-state index in [-0.39, 0.29) is 12.1 Å². The van der Waals surface area contributed by atoms with Crippen molar-refractivity contribution in [2.75, 3.05) is 26.7 Å². The molecule has 0 heterocycles. The van der Waals surface area contributed by atoms with Crippen molar-refractivity contribution in [3.05, 3.63) is 0 Å². The van der Waals surface area contributed by atoms with E-state index in [1.165, 1.54) is 32.2 Å². The van der Waals surface area contributed by atoms with Gasteiger partial charge in [-0.05, 0) is 52.1 Å². The van der Waals surface area contributed by atoms with Gasteiger partial charge in [0, 0.05) is 12.1 Å². The highest BCUT2D eigenvalue weighted by molar-refractivity contribution is 4.77. The molecule has 0 radical (unpaired) electrons. The van der Waals surface area contributed by atoms with E-state index < -0.39 is 0 Å². The number of nitrogens with two attached hydrogens (primary N) is 1. The molecule has 0 bridgehead atoms. The Kier molecular flexibility index (Phi) is 5.73. The normalized spacial score (nSPS) is 20.8. The van der Waals surface area contributed by atoms with E-state index in [9.17, 15) is 0 Å². The van der Waals surface area contributed by atoms with Gasteiger partial charge in [0.2, 0.25) is 0 Å². The fourth-order valence-electron chi connectivity index (χ4n) is 2.20. The lowest BCUT2D eigenvalue weighted by atomic mass is 9.85. The minimum atomic E-state index is -0.382. The first-order chi connectivity index (χ1) is 7.53. The fourth-order valence-corrected chi connectivity index (χ4v) is 2.20. The largest absolute Gasteiger partial charge is 0.394 e. The molecule has 16 heavy (non-hydrogen) atoms. The van der Waals surface area contributed by atoms with Crippen LogP contribution in [0.2, 0.25) is 0 Å².